The van der Waals surface area contributed by atoms with Crippen LogP contribution in [0.25, 0.3) is 0 Å². The number of carbonyl (C=O) groups is 2. The van der Waals surface area contributed by atoms with Crippen molar-refractivity contribution in [3.63, 3.8) is 0 Å². The maximum Gasteiger partial charge on any atom is 0.264 e. The number of unbranched alkanes of at least 4 members (excludes halogenated alkanes) is 15. The summed E-state index contributed by atoms with van der Waals surface area (Å²) in [5.74, 6) is -0.392. The molecule has 0 unspecified atom stereocenters. The summed E-state index contributed by atoms with van der Waals surface area (Å²) in [4.78, 5) is 26.5. The maximum absolute atomic E-state index is 12.7. The minimum absolute atomic E-state index is 0.0196. The molecule has 6 heteroatoms. The molecule has 1 amide bonds. The molecule has 0 atom stereocenters. The van der Waals surface area contributed by atoms with Gasteiger partial charge in [0.05, 0.1) is 6.54 Å². The van der Waals surface area contributed by atoms with Gasteiger partial charge in [0.2, 0.25) is 5.12 Å². The van der Waals surface area contributed by atoms with E-state index in [-0.39, 0.29) is 17.2 Å². The summed E-state index contributed by atoms with van der Waals surface area (Å²) in [6, 6.07) is 11.4. The third-order valence-electron chi connectivity index (χ3n) is 6.68. The second kappa shape index (κ2) is 18.9. The fraction of sp³-hybridized carbons (Fsp3) is 0.633. The smallest absolute Gasteiger partial charge is 0.264 e. The molecule has 0 aliphatic carbocycles. The van der Waals surface area contributed by atoms with Crippen LogP contribution in [0.4, 0.5) is 5.69 Å². The predicted octanol–water partition coefficient (Wildman–Crippen LogP) is 7.88. The third kappa shape index (κ3) is 11.6. The van der Waals surface area contributed by atoms with Crippen molar-refractivity contribution in [3.8, 4) is 6.07 Å². The number of nitriles is 1. The fourth-order valence-corrected chi connectivity index (χ4v) is 5.49. The summed E-state index contributed by atoms with van der Waals surface area (Å²) >= 11 is 0.978. The molecular formula is C30H45N3O2S. The first kappa shape index (κ1) is 30.0. The lowest BCUT2D eigenvalue weighted by atomic mass is 10.0. The molecule has 36 heavy (non-hydrogen) atoms. The molecule has 2 rings (SSSR count). The Bertz CT molecular complexity index is 848. The molecule has 1 fully saturated rings. The van der Waals surface area contributed by atoms with E-state index in [0.29, 0.717) is 11.6 Å². The first-order valence-corrected chi connectivity index (χ1v) is 14.9. The van der Waals surface area contributed by atoms with Crippen molar-refractivity contribution >= 4 is 28.5 Å². The normalized spacial score (nSPS) is 14.7. The van der Waals surface area contributed by atoms with E-state index >= 15 is 0 Å². The van der Waals surface area contributed by atoms with Crippen LogP contribution in [0.15, 0.2) is 40.9 Å². The van der Waals surface area contributed by atoms with E-state index in [1.165, 1.54) is 89.9 Å². The highest BCUT2D eigenvalue weighted by atomic mass is 32.2. The number of anilines is 1. The Kier molecular flexibility index (Phi) is 15.8. The molecule has 0 aromatic heterocycles. The third-order valence-corrected chi connectivity index (χ3v) is 7.65. The molecule has 1 aromatic rings. The summed E-state index contributed by atoms with van der Waals surface area (Å²) in [6.07, 6.45) is 21.0. The second-order valence-electron chi connectivity index (χ2n) is 9.75. The van der Waals surface area contributed by atoms with Gasteiger partial charge in [-0.1, -0.05) is 121 Å². The van der Waals surface area contributed by atoms with E-state index in [2.05, 4.69) is 12.2 Å². The molecule has 1 saturated heterocycles. The summed E-state index contributed by atoms with van der Waals surface area (Å²) in [7, 11) is 0. The highest BCUT2D eigenvalue weighted by molar-refractivity contribution is 8.17. The van der Waals surface area contributed by atoms with Crippen molar-refractivity contribution in [2.75, 3.05) is 18.0 Å². The zero-order valence-corrected chi connectivity index (χ0v) is 23.1. The molecule has 5 nitrogen and oxygen atoms in total. The molecule has 1 heterocycles. The Labute approximate surface area is 223 Å². The lowest BCUT2D eigenvalue weighted by molar-refractivity contribution is -0.117. The van der Waals surface area contributed by atoms with Crippen LogP contribution in [0, 0.1) is 11.3 Å². The number of thioether (sulfide) groups is 1. The van der Waals surface area contributed by atoms with Gasteiger partial charge in [0, 0.05) is 12.2 Å². The molecule has 1 aliphatic rings. The van der Waals surface area contributed by atoms with Crippen LogP contribution in [-0.2, 0) is 9.59 Å². The number of hydrogen-bond acceptors (Lipinski definition) is 5. The van der Waals surface area contributed by atoms with Crippen LogP contribution >= 0.6 is 11.8 Å². The predicted molar refractivity (Wildman–Crippen MR) is 152 cm³/mol. The number of nitrogens with one attached hydrogen (secondary N) is 1. The Morgan fingerprint density at radius 2 is 1.36 bits per heavy atom. The highest BCUT2D eigenvalue weighted by Gasteiger charge is 2.31. The van der Waals surface area contributed by atoms with Crippen LogP contribution in [0.3, 0.4) is 0 Å². The van der Waals surface area contributed by atoms with E-state index in [0.717, 1.165) is 30.3 Å². The first-order chi connectivity index (χ1) is 17.7. The number of hydrogen-bond donors (Lipinski definition) is 1. The summed E-state index contributed by atoms with van der Waals surface area (Å²) in [5.41, 5.74) is 0.829. The molecule has 0 radical (unpaired) electrons. The number of carbonyl (C=O) groups excluding carboxylic acids is 2. The van der Waals surface area contributed by atoms with Gasteiger partial charge in [0.1, 0.15) is 16.7 Å². The quantitative estimate of drug-likeness (QED) is 0.116. The number of para-hydroxylation sites is 1. The van der Waals surface area contributed by atoms with Crippen LogP contribution in [0.1, 0.15) is 110 Å². The van der Waals surface area contributed by atoms with Crippen molar-refractivity contribution in [3.05, 3.63) is 40.9 Å². The average molecular weight is 512 g/mol. The Balaban J connectivity index is 1.53. The zero-order valence-electron chi connectivity index (χ0n) is 22.2. The number of amides is 1. The highest BCUT2D eigenvalue weighted by Crippen LogP contribution is 2.36. The lowest BCUT2D eigenvalue weighted by Crippen LogP contribution is -2.28. The molecule has 0 bridgehead atoms. The van der Waals surface area contributed by atoms with E-state index in [1.807, 2.05) is 36.4 Å². The van der Waals surface area contributed by atoms with Gasteiger partial charge in [-0.25, -0.2) is 0 Å². The fourth-order valence-electron chi connectivity index (χ4n) is 4.56. The van der Waals surface area contributed by atoms with E-state index in [9.17, 15) is 14.9 Å². The molecule has 0 spiro atoms. The zero-order chi connectivity index (χ0) is 25.8. The molecule has 1 N–H and O–H groups in total. The van der Waals surface area contributed by atoms with Gasteiger partial charge in [-0.15, -0.1) is 0 Å². The monoisotopic (exact) mass is 511 g/mol. The Morgan fingerprint density at radius 3 is 1.86 bits per heavy atom. The molecular weight excluding hydrogens is 466 g/mol. The van der Waals surface area contributed by atoms with Crippen LogP contribution in [0.5, 0.6) is 0 Å². The van der Waals surface area contributed by atoms with Crippen LogP contribution < -0.4 is 10.2 Å². The summed E-state index contributed by atoms with van der Waals surface area (Å²) < 4.78 is 0. The first-order valence-electron chi connectivity index (χ1n) is 14.1. The minimum atomic E-state index is -0.392. The number of rotatable bonds is 19. The minimum Gasteiger partial charge on any atom is -0.351 e. The van der Waals surface area contributed by atoms with E-state index < -0.39 is 5.91 Å². The van der Waals surface area contributed by atoms with E-state index in [1.54, 1.807) is 4.90 Å². The molecule has 1 aliphatic heterocycles. The molecule has 198 valence electrons. The summed E-state index contributed by atoms with van der Waals surface area (Å²) in [5, 5.41) is 12.9. The van der Waals surface area contributed by atoms with Gasteiger partial charge in [-0.2, -0.15) is 5.26 Å². The standard InChI is InChI=1S/C30H45N3O2S/c1-2-3-4-5-6-7-8-9-10-11-12-13-14-15-16-20-23-32-29(35)27(24-31)30-33(25-28(34)36-30)26-21-18-17-19-22-26/h17-19,21-22H,2-16,20,23,25H2,1H3,(H,32,35)/b30-27+. The Hall–Kier alpha value is -2.26. The van der Waals surface area contributed by atoms with Crippen molar-refractivity contribution in [1.29, 1.82) is 5.26 Å². The largest absolute Gasteiger partial charge is 0.351 e. The second-order valence-corrected chi connectivity index (χ2v) is 10.8. The van der Waals surface area contributed by atoms with Gasteiger partial charge in [-0.3, -0.25) is 9.59 Å². The SMILES string of the molecule is CCCCCCCCCCCCCCCCCCNC(=O)/C(C#N)=C1/SC(=O)CN1c1ccccc1. The molecule has 1 aromatic carbocycles. The average Bonchev–Trinajstić information content (AvgIpc) is 3.28. The van der Waals surface area contributed by atoms with Gasteiger partial charge in [-0.05, 0) is 30.3 Å². The van der Waals surface area contributed by atoms with Crippen molar-refractivity contribution in [1.82, 2.24) is 5.32 Å². The van der Waals surface area contributed by atoms with Crippen molar-refractivity contribution < 1.29 is 9.59 Å². The lowest BCUT2D eigenvalue weighted by Gasteiger charge is -2.19. The Morgan fingerprint density at radius 1 is 0.861 bits per heavy atom. The topological polar surface area (TPSA) is 73.2 Å². The van der Waals surface area contributed by atoms with Crippen LogP contribution in [-0.4, -0.2) is 24.1 Å². The van der Waals surface area contributed by atoms with Crippen molar-refractivity contribution in [2.24, 2.45) is 0 Å². The van der Waals surface area contributed by atoms with Gasteiger partial charge in [0.25, 0.3) is 5.91 Å². The van der Waals surface area contributed by atoms with Gasteiger partial charge < -0.3 is 10.2 Å². The van der Waals surface area contributed by atoms with Crippen LogP contribution in [0.2, 0.25) is 0 Å². The summed E-state index contributed by atoms with van der Waals surface area (Å²) in [6.45, 7) is 2.99. The van der Waals surface area contributed by atoms with Gasteiger partial charge in [0.15, 0.2) is 0 Å². The number of benzene rings is 1. The molecule has 0 saturated carbocycles. The number of nitrogens with zero attached hydrogens (tertiary/aromatic N) is 2. The van der Waals surface area contributed by atoms with Gasteiger partial charge >= 0.3 is 0 Å². The van der Waals surface area contributed by atoms with Crippen molar-refractivity contribution in [2.45, 2.75) is 110 Å². The maximum atomic E-state index is 12.7. The van der Waals surface area contributed by atoms with E-state index in [4.69, 9.17) is 0 Å².